The molecule has 3 aromatic rings. The number of nitrogen functional groups attached to an aromatic ring is 1. The molecule has 4 N–H and O–H groups in total. The van der Waals surface area contributed by atoms with Gasteiger partial charge < -0.3 is 20.3 Å². The second-order valence-electron chi connectivity index (χ2n) is 6.34. The highest BCUT2D eigenvalue weighted by molar-refractivity contribution is 5.94. The first-order valence-corrected chi connectivity index (χ1v) is 8.69. The van der Waals surface area contributed by atoms with Gasteiger partial charge in [-0.1, -0.05) is 19.1 Å². The van der Waals surface area contributed by atoms with E-state index in [0.29, 0.717) is 11.3 Å². The van der Waals surface area contributed by atoms with Gasteiger partial charge in [0.1, 0.15) is 0 Å². The zero-order valence-corrected chi connectivity index (χ0v) is 16.7. The van der Waals surface area contributed by atoms with Crippen LogP contribution in [0.1, 0.15) is 41.5 Å². The quantitative estimate of drug-likeness (QED) is 0.369. The Morgan fingerprint density at radius 1 is 1.30 bits per heavy atom. The van der Waals surface area contributed by atoms with Crippen LogP contribution in [-0.2, 0) is 0 Å². The zero-order valence-electron chi connectivity index (χ0n) is 16.7. The van der Waals surface area contributed by atoms with Crippen molar-refractivity contribution in [3.8, 4) is 23.1 Å². The third-order valence-electron chi connectivity index (χ3n) is 4.04. The van der Waals surface area contributed by atoms with Gasteiger partial charge in [-0.05, 0) is 28.4 Å². The number of nitrogens with zero attached hydrogens (tertiary/aromatic N) is 6. The maximum absolute atomic E-state index is 12.6. The van der Waals surface area contributed by atoms with Crippen LogP contribution in [0.15, 0.2) is 21.9 Å². The van der Waals surface area contributed by atoms with Gasteiger partial charge >= 0.3 is 0 Å². The van der Waals surface area contributed by atoms with Gasteiger partial charge in [0.05, 0.1) is 26.1 Å². The Morgan fingerprint density at radius 2 is 1.97 bits per heavy atom. The first kappa shape index (κ1) is 20.6. The lowest BCUT2D eigenvalue weighted by Gasteiger charge is -2.09. The van der Waals surface area contributed by atoms with Crippen LogP contribution in [0.4, 0.5) is 5.82 Å². The van der Waals surface area contributed by atoms with Crippen LogP contribution in [0.25, 0.3) is 5.82 Å². The molecule has 0 saturated carbocycles. The van der Waals surface area contributed by atoms with Gasteiger partial charge in [0.15, 0.2) is 17.2 Å². The highest BCUT2D eigenvalue weighted by Crippen LogP contribution is 2.36. The number of aromatic nitrogens is 5. The summed E-state index contributed by atoms with van der Waals surface area (Å²) in [6.07, 6.45) is 1.36. The maximum Gasteiger partial charge on any atom is 0.293 e. The second kappa shape index (κ2) is 8.46. The molecule has 2 heterocycles. The summed E-state index contributed by atoms with van der Waals surface area (Å²) >= 11 is 0. The monoisotopic (exact) mass is 416 g/mol. The van der Waals surface area contributed by atoms with Gasteiger partial charge in [0.25, 0.3) is 5.91 Å². The van der Waals surface area contributed by atoms with E-state index in [1.807, 2.05) is 13.8 Å². The van der Waals surface area contributed by atoms with E-state index < -0.39 is 5.91 Å². The molecular formula is C17H20N8O5. The lowest BCUT2D eigenvalue weighted by Crippen LogP contribution is -2.21. The number of phenols is 1. The lowest BCUT2D eigenvalue weighted by atomic mass is 10.1. The molecule has 0 bridgehead atoms. The van der Waals surface area contributed by atoms with E-state index in [1.165, 1.54) is 37.2 Å². The molecule has 30 heavy (non-hydrogen) atoms. The summed E-state index contributed by atoms with van der Waals surface area (Å²) in [7, 11) is 2.82. The number of phenolic OH excluding ortho intramolecular Hbond substituents is 1. The predicted octanol–water partition coefficient (Wildman–Crippen LogP) is 0.843. The van der Waals surface area contributed by atoms with E-state index in [-0.39, 0.29) is 40.5 Å². The third kappa shape index (κ3) is 3.85. The number of nitrogens with one attached hydrogen (secondary N) is 1. The number of rotatable bonds is 7. The van der Waals surface area contributed by atoms with E-state index in [4.69, 9.17) is 15.2 Å². The summed E-state index contributed by atoms with van der Waals surface area (Å²) in [5, 5.41) is 28.9. The summed E-state index contributed by atoms with van der Waals surface area (Å²) in [6, 6.07) is 3.06. The summed E-state index contributed by atoms with van der Waals surface area (Å²) in [5.41, 5.74) is 9.12. The average Bonchev–Trinajstić information content (AvgIpc) is 3.34. The summed E-state index contributed by atoms with van der Waals surface area (Å²) in [4.78, 5) is 12.6. The number of hydrogen-bond donors (Lipinski definition) is 3. The molecule has 0 fully saturated rings. The SMILES string of the molecule is COc1cc(/C=N/NC(=O)c2nnn(-c3nonc3N)c2C(C)C)cc(OC)c1O. The standard InChI is InChI=1S/C17H20N8O5/c1-8(2)13-12(20-24-25(13)16-15(18)22-30-23-16)17(27)21-19-7-9-5-10(28-3)14(26)11(6-9)29-4/h5-8,26H,1-4H3,(H2,18,22)(H,21,27)/b19-7+. The number of carbonyl (C=O) groups is 1. The molecule has 1 aromatic carbocycles. The number of amides is 1. The van der Waals surface area contributed by atoms with Crippen LogP contribution in [0.5, 0.6) is 17.2 Å². The van der Waals surface area contributed by atoms with Crippen LogP contribution in [0, 0.1) is 0 Å². The molecule has 0 atom stereocenters. The predicted molar refractivity (Wildman–Crippen MR) is 104 cm³/mol. The first-order valence-electron chi connectivity index (χ1n) is 8.69. The fourth-order valence-electron chi connectivity index (χ4n) is 2.67. The fraction of sp³-hybridized carbons (Fsp3) is 0.294. The number of nitrogens with two attached hydrogens (primary N) is 1. The molecule has 158 valence electrons. The van der Waals surface area contributed by atoms with Crippen molar-refractivity contribution in [2.24, 2.45) is 5.10 Å². The van der Waals surface area contributed by atoms with Gasteiger partial charge in [-0.2, -0.15) is 9.78 Å². The van der Waals surface area contributed by atoms with Crippen LogP contribution < -0.4 is 20.6 Å². The molecule has 0 saturated heterocycles. The Morgan fingerprint density at radius 3 is 2.50 bits per heavy atom. The van der Waals surface area contributed by atoms with E-state index in [9.17, 15) is 9.90 Å². The largest absolute Gasteiger partial charge is 0.502 e. The molecule has 2 aromatic heterocycles. The van der Waals surface area contributed by atoms with Crippen molar-refractivity contribution in [3.63, 3.8) is 0 Å². The first-order chi connectivity index (χ1) is 14.4. The Balaban J connectivity index is 1.84. The Labute approximate surface area is 170 Å². The number of carbonyl (C=O) groups excluding carboxylic acids is 1. The van der Waals surface area contributed by atoms with Crippen LogP contribution >= 0.6 is 0 Å². The number of hydrazone groups is 1. The molecular weight excluding hydrogens is 396 g/mol. The molecule has 3 rings (SSSR count). The Bertz CT molecular complexity index is 1060. The van der Waals surface area contributed by atoms with Gasteiger partial charge in [-0.25, -0.2) is 10.1 Å². The maximum atomic E-state index is 12.6. The van der Waals surface area contributed by atoms with Crippen LogP contribution in [-0.4, -0.2) is 56.8 Å². The van der Waals surface area contributed by atoms with E-state index in [2.05, 4.69) is 35.8 Å². The van der Waals surface area contributed by atoms with Crippen molar-refractivity contribution in [2.45, 2.75) is 19.8 Å². The Hall–Kier alpha value is -4.16. The highest BCUT2D eigenvalue weighted by atomic mass is 16.6. The normalized spacial score (nSPS) is 11.2. The van der Waals surface area contributed by atoms with Gasteiger partial charge in [-0.15, -0.1) is 5.10 Å². The van der Waals surface area contributed by atoms with E-state index in [1.54, 1.807) is 0 Å². The van der Waals surface area contributed by atoms with Crippen molar-refractivity contribution >= 4 is 17.9 Å². The summed E-state index contributed by atoms with van der Waals surface area (Å²) < 4.78 is 16.1. The molecule has 0 aliphatic carbocycles. The second-order valence-corrected chi connectivity index (χ2v) is 6.34. The minimum Gasteiger partial charge on any atom is -0.502 e. The smallest absolute Gasteiger partial charge is 0.293 e. The average molecular weight is 416 g/mol. The number of benzene rings is 1. The number of aromatic hydroxyl groups is 1. The molecule has 0 aliphatic rings. The topological polar surface area (TPSA) is 176 Å². The number of ether oxygens (including phenoxy) is 2. The number of hydrogen-bond acceptors (Lipinski definition) is 11. The fourth-order valence-corrected chi connectivity index (χ4v) is 2.67. The minimum atomic E-state index is -0.589. The molecule has 0 spiro atoms. The van der Waals surface area contributed by atoms with Crippen molar-refractivity contribution in [3.05, 3.63) is 29.1 Å². The van der Waals surface area contributed by atoms with Crippen LogP contribution in [0.3, 0.4) is 0 Å². The zero-order chi connectivity index (χ0) is 21.8. The lowest BCUT2D eigenvalue weighted by molar-refractivity contribution is 0.0948. The van der Waals surface area contributed by atoms with Crippen LogP contribution in [0.2, 0.25) is 0 Å². The number of anilines is 1. The van der Waals surface area contributed by atoms with E-state index in [0.717, 1.165) is 0 Å². The molecule has 13 nitrogen and oxygen atoms in total. The molecule has 13 heteroatoms. The third-order valence-corrected chi connectivity index (χ3v) is 4.04. The van der Waals surface area contributed by atoms with Crippen molar-refractivity contribution in [1.82, 2.24) is 30.7 Å². The summed E-state index contributed by atoms with van der Waals surface area (Å²) in [6.45, 7) is 3.71. The minimum absolute atomic E-state index is 0.0157. The Kier molecular flexibility index (Phi) is 5.80. The van der Waals surface area contributed by atoms with Crippen molar-refractivity contribution in [2.75, 3.05) is 20.0 Å². The molecule has 0 radical (unpaired) electrons. The van der Waals surface area contributed by atoms with Crippen molar-refractivity contribution in [1.29, 1.82) is 0 Å². The van der Waals surface area contributed by atoms with Crippen molar-refractivity contribution < 1.29 is 24.0 Å². The molecule has 1 amide bonds. The molecule has 0 aliphatic heterocycles. The van der Waals surface area contributed by atoms with Gasteiger partial charge in [0, 0.05) is 5.56 Å². The molecule has 0 unspecified atom stereocenters. The van der Waals surface area contributed by atoms with Gasteiger partial charge in [0.2, 0.25) is 17.4 Å². The van der Waals surface area contributed by atoms with E-state index >= 15 is 0 Å². The number of methoxy groups -OCH3 is 2. The van der Waals surface area contributed by atoms with Gasteiger partial charge in [-0.3, -0.25) is 4.79 Å². The summed E-state index contributed by atoms with van der Waals surface area (Å²) in [5.74, 6) is -0.322. The highest BCUT2D eigenvalue weighted by Gasteiger charge is 2.25.